The van der Waals surface area contributed by atoms with Crippen LogP contribution in [0.2, 0.25) is 0 Å². The average molecular weight is 522 g/mol. The van der Waals surface area contributed by atoms with Crippen LogP contribution < -0.4 is 9.47 Å². The van der Waals surface area contributed by atoms with Crippen LogP contribution >= 0.6 is 0 Å². The zero-order valence-electron chi connectivity index (χ0n) is 22.0. The average Bonchev–Trinajstić information content (AvgIpc) is 3.56. The topological polar surface area (TPSA) is 79.1 Å². The van der Waals surface area contributed by atoms with Gasteiger partial charge in [-0.1, -0.05) is 18.2 Å². The molecule has 0 aliphatic carbocycles. The van der Waals surface area contributed by atoms with Crippen molar-refractivity contribution in [2.45, 2.75) is 0 Å². The second kappa shape index (κ2) is 10.2. The van der Waals surface area contributed by atoms with E-state index in [1.165, 1.54) is 19.2 Å². The summed E-state index contributed by atoms with van der Waals surface area (Å²) in [7, 11) is 5.57. The number of nitrogens with zero attached hydrogens (tertiary/aromatic N) is 3. The smallest absolute Gasteiger partial charge is 0.138 e. The highest BCUT2D eigenvalue weighted by Crippen LogP contribution is 2.36. The number of halogens is 1. The Kier molecular flexibility index (Phi) is 6.46. The summed E-state index contributed by atoms with van der Waals surface area (Å²) < 4.78 is 25.5. The van der Waals surface area contributed by atoms with Crippen molar-refractivity contribution in [1.29, 1.82) is 0 Å². The SMILES string of the molecule is COc1cc(F)cc(-c2cccc3[nH]c(-c4n[nH]c5ccc(-c6cncc(OCCN(C)C)c6)cc45)cc23)c1. The Morgan fingerprint density at radius 3 is 2.56 bits per heavy atom. The molecule has 3 heterocycles. The molecule has 3 aromatic heterocycles. The molecular formula is C31H28FN5O2. The largest absolute Gasteiger partial charge is 0.497 e. The minimum absolute atomic E-state index is 0.343. The van der Waals surface area contributed by atoms with Crippen LogP contribution in [0.5, 0.6) is 11.5 Å². The molecule has 0 unspecified atom stereocenters. The molecule has 6 aromatic rings. The van der Waals surface area contributed by atoms with E-state index >= 15 is 0 Å². The fourth-order valence-electron chi connectivity index (χ4n) is 4.77. The summed E-state index contributed by atoms with van der Waals surface area (Å²) >= 11 is 0. The fourth-order valence-corrected chi connectivity index (χ4v) is 4.77. The highest BCUT2D eigenvalue weighted by Gasteiger charge is 2.15. The molecule has 0 spiro atoms. The van der Waals surface area contributed by atoms with Crippen LogP contribution in [-0.4, -0.2) is 59.4 Å². The van der Waals surface area contributed by atoms with E-state index in [4.69, 9.17) is 9.47 Å². The van der Waals surface area contributed by atoms with Gasteiger partial charge in [0, 0.05) is 40.7 Å². The van der Waals surface area contributed by atoms with E-state index in [1.54, 1.807) is 6.20 Å². The summed E-state index contributed by atoms with van der Waals surface area (Å²) in [6.07, 6.45) is 3.57. The molecule has 0 saturated carbocycles. The molecule has 8 heteroatoms. The quantitative estimate of drug-likeness (QED) is 0.238. The minimum Gasteiger partial charge on any atom is -0.497 e. The van der Waals surface area contributed by atoms with E-state index in [0.29, 0.717) is 12.4 Å². The number of pyridine rings is 1. The van der Waals surface area contributed by atoms with Gasteiger partial charge in [-0.05, 0) is 73.3 Å². The first-order chi connectivity index (χ1) is 19.0. The summed E-state index contributed by atoms with van der Waals surface area (Å²) in [5.74, 6) is 0.869. The number of hydrogen-bond acceptors (Lipinski definition) is 5. The van der Waals surface area contributed by atoms with Crippen LogP contribution in [0.25, 0.3) is 55.4 Å². The maximum atomic E-state index is 14.3. The van der Waals surface area contributed by atoms with Gasteiger partial charge in [-0.3, -0.25) is 10.1 Å². The second-order valence-electron chi connectivity index (χ2n) is 9.72. The normalized spacial score (nSPS) is 11.5. The van der Waals surface area contributed by atoms with Gasteiger partial charge < -0.3 is 19.4 Å². The van der Waals surface area contributed by atoms with Gasteiger partial charge in [-0.15, -0.1) is 0 Å². The van der Waals surface area contributed by atoms with Gasteiger partial charge in [0.2, 0.25) is 0 Å². The molecule has 0 aliphatic heterocycles. The maximum absolute atomic E-state index is 14.3. The molecule has 3 aromatic carbocycles. The molecule has 0 aliphatic rings. The predicted octanol–water partition coefficient (Wildman–Crippen LogP) is 6.53. The Labute approximate surface area is 225 Å². The number of ether oxygens (including phenoxy) is 2. The molecule has 0 saturated heterocycles. The van der Waals surface area contributed by atoms with Gasteiger partial charge >= 0.3 is 0 Å². The van der Waals surface area contributed by atoms with Crippen molar-refractivity contribution in [1.82, 2.24) is 25.1 Å². The number of fused-ring (bicyclic) bond motifs is 2. The highest BCUT2D eigenvalue weighted by molar-refractivity contribution is 6.02. The maximum Gasteiger partial charge on any atom is 0.138 e. The minimum atomic E-state index is -0.343. The van der Waals surface area contributed by atoms with Crippen LogP contribution in [0, 0.1) is 5.82 Å². The summed E-state index contributed by atoms with van der Waals surface area (Å²) in [6.45, 7) is 1.42. The molecule has 0 bridgehead atoms. The van der Waals surface area contributed by atoms with Gasteiger partial charge in [0.15, 0.2) is 0 Å². The lowest BCUT2D eigenvalue weighted by molar-refractivity contribution is 0.261. The first-order valence-electron chi connectivity index (χ1n) is 12.7. The molecule has 0 atom stereocenters. The number of rotatable bonds is 8. The van der Waals surface area contributed by atoms with Crippen LogP contribution in [0.1, 0.15) is 0 Å². The third-order valence-corrected chi connectivity index (χ3v) is 6.75. The number of aromatic nitrogens is 4. The molecule has 39 heavy (non-hydrogen) atoms. The van der Waals surface area contributed by atoms with Crippen LogP contribution in [-0.2, 0) is 0 Å². The van der Waals surface area contributed by atoms with Gasteiger partial charge in [0.1, 0.15) is 29.6 Å². The first-order valence-corrected chi connectivity index (χ1v) is 12.7. The van der Waals surface area contributed by atoms with Crippen LogP contribution in [0.3, 0.4) is 0 Å². The zero-order chi connectivity index (χ0) is 26.9. The molecular weight excluding hydrogens is 493 g/mol. The van der Waals surface area contributed by atoms with E-state index in [2.05, 4.69) is 37.2 Å². The number of likely N-dealkylation sites (N-methyl/N-ethyl adjacent to an activating group) is 1. The Bertz CT molecular complexity index is 1790. The lowest BCUT2D eigenvalue weighted by Gasteiger charge is -2.11. The summed E-state index contributed by atoms with van der Waals surface area (Å²) in [5, 5.41) is 9.73. The van der Waals surface area contributed by atoms with Crippen molar-refractivity contribution in [3.8, 4) is 45.1 Å². The van der Waals surface area contributed by atoms with Gasteiger partial charge in [-0.25, -0.2) is 4.39 Å². The van der Waals surface area contributed by atoms with E-state index in [9.17, 15) is 4.39 Å². The van der Waals surface area contributed by atoms with Crippen molar-refractivity contribution in [2.75, 3.05) is 34.4 Å². The molecule has 2 N–H and O–H groups in total. The van der Waals surface area contributed by atoms with Crippen LogP contribution in [0.15, 0.2) is 79.1 Å². The Morgan fingerprint density at radius 2 is 1.72 bits per heavy atom. The Hall–Kier alpha value is -4.69. The number of aromatic amines is 2. The van der Waals surface area contributed by atoms with Crippen molar-refractivity contribution in [3.05, 3.63) is 84.9 Å². The molecule has 7 nitrogen and oxygen atoms in total. The molecule has 0 amide bonds. The monoisotopic (exact) mass is 521 g/mol. The summed E-state index contributed by atoms with van der Waals surface area (Å²) in [5.41, 5.74) is 7.16. The number of hydrogen-bond donors (Lipinski definition) is 2. The highest BCUT2D eigenvalue weighted by atomic mass is 19.1. The van der Waals surface area contributed by atoms with Gasteiger partial charge in [-0.2, -0.15) is 5.10 Å². The van der Waals surface area contributed by atoms with Crippen molar-refractivity contribution < 1.29 is 13.9 Å². The first kappa shape index (κ1) is 24.6. The standard InChI is InChI=1S/C31H28FN5O2/c1-37(2)9-10-39-24-13-21(17-33-18-24)19-7-8-29-27(14-19)31(36-35-29)30-16-26-25(5-4-6-28(26)34-30)20-11-22(32)15-23(12-20)38-3/h4-8,11-18,34H,9-10H2,1-3H3,(H,35,36). The number of methoxy groups -OCH3 is 1. The van der Waals surface area contributed by atoms with E-state index in [-0.39, 0.29) is 5.82 Å². The van der Waals surface area contributed by atoms with E-state index < -0.39 is 0 Å². The third kappa shape index (κ3) is 4.94. The fraction of sp³-hybridized carbons (Fsp3) is 0.161. The number of nitrogens with one attached hydrogen (secondary N) is 2. The second-order valence-corrected chi connectivity index (χ2v) is 9.72. The van der Waals surface area contributed by atoms with Gasteiger partial charge in [0.05, 0.1) is 24.5 Å². The molecule has 6 rings (SSSR count). The van der Waals surface area contributed by atoms with Crippen molar-refractivity contribution in [3.63, 3.8) is 0 Å². The third-order valence-electron chi connectivity index (χ3n) is 6.75. The van der Waals surface area contributed by atoms with Gasteiger partial charge in [0.25, 0.3) is 0 Å². The van der Waals surface area contributed by atoms with Crippen molar-refractivity contribution in [2.24, 2.45) is 0 Å². The lowest BCUT2D eigenvalue weighted by atomic mass is 10.0. The predicted molar refractivity (Wildman–Crippen MR) is 153 cm³/mol. The summed E-state index contributed by atoms with van der Waals surface area (Å²) in [4.78, 5) is 9.97. The lowest BCUT2D eigenvalue weighted by Crippen LogP contribution is -2.19. The summed E-state index contributed by atoms with van der Waals surface area (Å²) in [6, 6.07) is 20.9. The van der Waals surface area contributed by atoms with Crippen molar-refractivity contribution >= 4 is 21.8 Å². The van der Waals surface area contributed by atoms with E-state index in [1.807, 2.05) is 62.8 Å². The molecule has 196 valence electrons. The Balaban J connectivity index is 1.38. The number of benzene rings is 3. The Morgan fingerprint density at radius 1 is 0.846 bits per heavy atom. The molecule has 0 radical (unpaired) electrons. The van der Waals surface area contributed by atoms with Crippen LogP contribution in [0.4, 0.5) is 4.39 Å². The zero-order valence-corrected chi connectivity index (χ0v) is 22.0. The number of H-pyrrole nitrogens is 2. The molecule has 0 fully saturated rings. The van der Waals surface area contributed by atoms with E-state index in [0.717, 1.165) is 67.7 Å².